The number of aliphatic carboxylic acids is 1. The van der Waals surface area contributed by atoms with Crippen LogP contribution < -0.4 is 4.74 Å². The number of nitrogens with zero attached hydrogens (tertiary/aromatic N) is 2. The van der Waals surface area contributed by atoms with Crippen LogP contribution in [0.25, 0.3) is 11.3 Å². The maximum atomic E-state index is 13.9. The van der Waals surface area contributed by atoms with E-state index in [1.165, 1.54) is 0 Å². The lowest BCUT2D eigenvalue weighted by Crippen LogP contribution is -2.54. The summed E-state index contributed by atoms with van der Waals surface area (Å²) in [5.41, 5.74) is 2.48. The lowest BCUT2D eigenvalue weighted by molar-refractivity contribution is -0.137. The third-order valence-electron chi connectivity index (χ3n) is 7.22. The van der Waals surface area contributed by atoms with Crippen molar-refractivity contribution in [2.24, 2.45) is 0 Å². The molecule has 1 atom stereocenters. The third kappa shape index (κ3) is 6.33. The SMILES string of the molecule is BC(B)(c1ccccc1OC1CCCN(CCC(=O)O)C1)N(C(=O)c1ccc(-c2ccco2)cc1)C(C)C. The van der Waals surface area contributed by atoms with E-state index in [0.29, 0.717) is 18.7 Å². The van der Waals surface area contributed by atoms with Crippen molar-refractivity contribution in [3.05, 3.63) is 78.1 Å². The van der Waals surface area contributed by atoms with Gasteiger partial charge in [-0.05, 0) is 63.6 Å². The van der Waals surface area contributed by atoms with Crippen LogP contribution in [0, 0.1) is 0 Å². The molecule has 1 fully saturated rings. The molecule has 1 aliphatic rings. The number of furan rings is 1. The Bertz CT molecular complexity index is 1230. The molecule has 0 aliphatic carbocycles. The van der Waals surface area contributed by atoms with Crippen LogP contribution in [-0.4, -0.2) is 74.3 Å². The van der Waals surface area contributed by atoms with Crippen LogP contribution in [-0.2, 0) is 10.1 Å². The number of carboxylic acid groups (broad SMARTS) is 1. The van der Waals surface area contributed by atoms with E-state index in [4.69, 9.17) is 14.3 Å². The van der Waals surface area contributed by atoms with Gasteiger partial charge in [-0.2, -0.15) is 0 Å². The highest BCUT2D eigenvalue weighted by Crippen LogP contribution is 2.34. The minimum absolute atomic E-state index is 0.0353. The van der Waals surface area contributed by atoms with Gasteiger partial charge >= 0.3 is 5.97 Å². The summed E-state index contributed by atoms with van der Waals surface area (Å²) in [5.74, 6) is 0.687. The van der Waals surface area contributed by atoms with Crippen molar-refractivity contribution in [1.29, 1.82) is 0 Å². The molecule has 4 rings (SSSR count). The summed E-state index contributed by atoms with van der Waals surface area (Å²) < 4.78 is 12.0. The highest BCUT2D eigenvalue weighted by Gasteiger charge is 2.37. The minimum atomic E-state index is -0.783. The largest absolute Gasteiger partial charge is 0.489 e. The summed E-state index contributed by atoms with van der Waals surface area (Å²) in [5, 5.41) is 8.40. The van der Waals surface area contributed by atoms with E-state index in [2.05, 4.69) is 20.6 Å². The molecule has 7 nitrogen and oxygen atoms in total. The number of piperidine rings is 1. The number of rotatable bonds is 10. The van der Waals surface area contributed by atoms with Crippen molar-refractivity contribution >= 4 is 27.6 Å². The van der Waals surface area contributed by atoms with Crippen LogP contribution in [0.3, 0.4) is 0 Å². The maximum absolute atomic E-state index is 13.9. The van der Waals surface area contributed by atoms with Crippen molar-refractivity contribution in [2.45, 2.75) is 50.6 Å². The number of carboxylic acids is 1. The van der Waals surface area contributed by atoms with Crippen LogP contribution in [0.15, 0.2) is 71.3 Å². The van der Waals surface area contributed by atoms with Crippen molar-refractivity contribution in [2.75, 3.05) is 19.6 Å². The lowest BCUT2D eigenvalue weighted by atomic mass is 9.56. The lowest BCUT2D eigenvalue weighted by Gasteiger charge is -2.44. The molecule has 1 amide bonds. The Morgan fingerprint density at radius 1 is 1.13 bits per heavy atom. The Labute approximate surface area is 226 Å². The second kappa shape index (κ2) is 11.9. The summed E-state index contributed by atoms with van der Waals surface area (Å²) in [7, 11) is 4.12. The zero-order valence-electron chi connectivity index (χ0n) is 22.7. The van der Waals surface area contributed by atoms with Crippen LogP contribution in [0.5, 0.6) is 5.75 Å². The molecule has 2 heterocycles. The number of carbonyl (C=O) groups excluding carboxylic acids is 1. The quantitative estimate of drug-likeness (QED) is 0.419. The fourth-order valence-electron chi connectivity index (χ4n) is 5.44. The average molecular weight is 514 g/mol. The molecule has 0 radical (unpaired) electrons. The van der Waals surface area contributed by atoms with Crippen molar-refractivity contribution in [3.8, 4) is 17.1 Å². The molecule has 0 saturated carbocycles. The van der Waals surface area contributed by atoms with E-state index in [1.54, 1.807) is 6.26 Å². The number of carbonyl (C=O) groups is 2. The fraction of sp³-hybridized carbons (Fsp3) is 0.379. The molecule has 9 heteroatoms. The van der Waals surface area contributed by atoms with Gasteiger partial charge in [0.25, 0.3) is 5.91 Å². The maximum Gasteiger partial charge on any atom is 0.304 e. The van der Waals surface area contributed by atoms with Gasteiger partial charge in [0.15, 0.2) is 0 Å². The normalized spacial score (nSPS) is 16.3. The predicted molar refractivity (Wildman–Crippen MR) is 153 cm³/mol. The summed E-state index contributed by atoms with van der Waals surface area (Å²) >= 11 is 0. The molecule has 1 N–H and O–H groups in total. The van der Waals surface area contributed by atoms with Gasteiger partial charge in [0, 0.05) is 41.2 Å². The number of benzene rings is 2. The van der Waals surface area contributed by atoms with E-state index >= 15 is 0 Å². The minimum Gasteiger partial charge on any atom is -0.489 e. The van der Waals surface area contributed by atoms with E-state index in [-0.39, 0.29) is 24.5 Å². The van der Waals surface area contributed by atoms with Gasteiger partial charge in [-0.25, -0.2) is 0 Å². The van der Waals surface area contributed by atoms with Gasteiger partial charge in [0.1, 0.15) is 33.3 Å². The van der Waals surface area contributed by atoms with Crippen LogP contribution in [0.4, 0.5) is 0 Å². The summed E-state index contributed by atoms with van der Waals surface area (Å²) in [4.78, 5) is 29.0. The van der Waals surface area contributed by atoms with Crippen molar-refractivity contribution in [1.82, 2.24) is 9.80 Å². The monoisotopic (exact) mass is 514 g/mol. The molecule has 1 saturated heterocycles. The van der Waals surface area contributed by atoms with Gasteiger partial charge in [-0.15, -0.1) is 0 Å². The van der Waals surface area contributed by atoms with Crippen molar-refractivity contribution < 1.29 is 23.8 Å². The van der Waals surface area contributed by atoms with Gasteiger partial charge in [0.2, 0.25) is 0 Å². The highest BCUT2D eigenvalue weighted by atomic mass is 16.5. The number of ether oxygens (including phenoxy) is 1. The summed E-state index contributed by atoms with van der Waals surface area (Å²) in [6.07, 6.45) is 3.60. The van der Waals surface area contributed by atoms with E-state index in [9.17, 15) is 9.59 Å². The molecule has 1 aliphatic heterocycles. The van der Waals surface area contributed by atoms with Gasteiger partial charge in [0.05, 0.1) is 12.7 Å². The number of hydrogen-bond donors (Lipinski definition) is 1. The average Bonchev–Trinajstić information content (AvgIpc) is 3.43. The molecule has 2 aromatic carbocycles. The van der Waals surface area contributed by atoms with Gasteiger partial charge < -0.3 is 19.2 Å². The summed E-state index contributed by atoms with van der Waals surface area (Å²) in [6, 6.07) is 19.1. The van der Waals surface area contributed by atoms with E-state index in [1.807, 2.05) is 79.4 Å². The standard InChI is InChI=1S/C29H36B2N2O5/c1-20(2)33(28(36)22-13-11-21(12-14-22)25-10-6-18-37-25)29(30,31)24-8-3-4-9-26(24)38-23-7-5-16-32(19-23)17-15-27(34)35/h3-4,6,8-14,18,20,23H,5,7,15-17,19,30-31H2,1-2H3,(H,34,35). The highest BCUT2D eigenvalue weighted by molar-refractivity contribution is 6.41. The molecular weight excluding hydrogens is 478 g/mol. The topological polar surface area (TPSA) is 83.2 Å². The first-order chi connectivity index (χ1) is 18.2. The molecule has 38 heavy (non-hydrogen) atoms. The number of amides is 1. The first kappa shape index (κ1) is 27.6. The second-order valence-electron chi connectivity index (χ2n) is 10.7. The third-order valence-corrected chi connectivity index (χ3v) is 7.22. The van der Waals surface area contributed by atoms with Crippen LogP contribution in [0.1, 0.15) is 49.0 Å². The van der Waals surface area contributed by atoms with Crippen LogP contribution in [0.2, 0.25) is 0 Å². The Kier molecular flexibility index (Phi) is 8.67. The molecule has 3 aromatic rings. The molecule has 1 aromatic heterocycles. The Morgan fingerprint density at radius 2 is 1.87 bits per heavy atom. The smallest absolute Gasteiger partial charge is 0.304 e. The number of likely N-dealkylation sites (tertiary alicyclic amines) is 1. The molecule has 0 spiro atoms. The zero-order valence-corrected chi connectivity index (χ0v) is 22.7. The Hall–Kier alpha value is -3.45. The number of hydrogen-bond acceptors (Lipinski definition) is 5. The van der Waals surface area contributed by atoms with Gasteiger partial charge in [-0.1, -0.05) is 30.3 Å². The summed E-state index contributed by atoms with van der Waals surface area (Å²) in [6.45, 7) is 6.16. The molecule has 198 valence electrons. The zero-order chi connectivity index (χ0) is 27.3. The second-order valence-corrected chi connectivity index (χ2v) is 10.7. The first-order valence-electron chi connectivity index (χ1n) is 13.3. The molecular formula is C29H36B2N2O5. The molecule has 0 bridgehead atoms. The van der Waals surface area contributed by atoms with Crippen LogP contribution >= 0.6 is 0 Å². The fourth-order valence-corrected chi connectivity index (χ4v) is 5.44. The Balaban J connectivity index is 1.55. The van der Waals surface area contributed by atoms with Crippen molar-refractivity contribution in [3.63, 3.8) is 0 Å². The Morgan fingerprint density at radius 3 is 2.53 bits per heavy atom. The van der Waals surface area contributed by atoms with Gasteiger partial charge in [-0.3, -0.25) is 14.5 Å². The van der Waals surface area contributed by atoms with E-state index in [0.717, 1.165) is 42.0 Å². The predicted octanol–water partition coefficient (Wildman–Crippen LogP) is 3.19. The number of para-hydroxylation sites is 1. The first-order valence-corrected chi connectivity index (χ1v) is 13.3. The molecule has 1 unspecified atom stereocenters. The van der Waals surface area contributed by atoms with E-state index < -0.39 is 11.3 Å².